The molecular formula is C15H17ClFN3. The predicted molar refractivity (Wildman–Crippen MR) is 80.3 cm³/mol. The summed E-state index contributed by atoms with van der Waals surface area (Å²) < 4.78 is 13.2. The van der Waals surface area contributed by atoms with Gasteiger partial charge in [0, 0.05) is 16.8 Å². The largest absolute Gasteiger partial charge is 0.383 e. The molecule has 2 aromatic rings. The molecule has 0 radical (unpaired) electrons. The van der Waals surface area contributed by atoms with Crippen LogP contribution in [-0.4, -0.2) is 11.5 Å². The summed E-state index contributed by atoms with van der Waals surface area (Å²) in [5.74, 6) is 0.0984. The van der Waals surface area contributed by atoms with Crippen LogP contribution in [0.25, 0.3) is 0 Å². The van der Waals surface area contributed by atoms with Gasteiger partial charge in [0.15, 0.2) is 0 Å². The molecule has 3 nitrogen and oxygen atoms in total. The van der Waals surface area contributed by atoms with Gasteiger partial charge in [-0.1, -0.05) is 24.6 Å². The highest BCUT2D eigenvalue weighted by atomic mass is 35.5. The van der Waals surface area contributed by atoms with Gasteiger partial charge in [0.1, 0.15) is 11.6 Å². The van der Waals surface area contributed by atoms with E-state index in [0.717, 1.165) is 23.2 Å². The van der Waals surface area contributed by atoms with Crippen LogP contribution in [0.5, 0.6) is 0 Å². The second-order valence-corrected chi connectivity index (χ2v) is 4.99. The molecule has 5 heteroatoms. The lowest BCUT2D eigenvalue weighted by Crippen LogP contribution is -2.24. The monoisotopic (exact) mass is 293 g/mol. The van der Waals surface area contributed by atoms with Crippen molar-refractivity contribution in [2.24, 2.45) is 0 Å². The molecule has 1 unspecified atom stereocenters. The van der Waals surface area contributed by atoms with Crippen LogP contribution in [0.2, 0.25) is 5.02 Å². The fourth-order valence-electron chi connectivity index (χ4n) is 2.27. The van der Waals surface area contributed by atoms with Crippen molar-refractivity contribution in [1.82, 2.24) is 10.3 Å². The molecule has 0 saturated heterocycles. The maximum absolute atomic E-state index is 13.2. The number of aryl methyl sites for hydroxylation is 1. The summed E-state index contributed by atoms with van der Waals surface area (Å²) in [5.41, 5.74) is 8.69. The first-order valence-electron chi connectivity index (χ1n) is 6.44. The molecule has 2 rings (SSSR count). The van der Waals surface area contributed by atoms with Gasteiger partial charge in [-0.05, 0) is 42.8 Å². The smallest absolute Gasteiger partial charge is 0.128 e. The van der Waals surface area contributed by atoms with Crippen LogP contribution in [-0.2, 0) is 0 Å². The number of rotatable bonds is 4. The van der Waals surface area contributed by atoms with E-state index in [9.17, 15) is 4.39 Å². The molecule has 0 amide bonds. The molecule has 0 aliphatic rings. The normalized spacial score (nSPS) is 12.4. The molecule has 0 aliphatic carbocycles. The minimum Gasteiger partial charge on any atom is -0.383 e. The minimum atomic E-state index is -0.357. The topological polar surface area (TPSA) is 50.9 Å². The van der Waals surface area contributed by atoms with E-state index in [-0.39, 0.29) is 11.9 Å². The highest BCUT2D eigenvalue weighted by Gasteiger charge is 2.21. The van der Waals surface area contributed by atoms with Gasteiger partial charge in [-0.3, -0.25) is 0 Å². The number of benzene rings is 1. The average molecular weight is 294 g/mol. The quantitative estimate of drug-likeness (QED) is 0.907. The number of nitrogen functional groups attached to an aromatic ring is 1. The molecule has 0 bridgehead atoms. The zero-order valence-electron chi connectivity index (χ0n) is 11.5. The van der Waals surface area contributed by atoms with E-state index in [1.165, 1.54) is 12.1 Å². The zero-order chi connectivity index (χ0) is 14.7. The number of hydrogen-bond donors (Lipinski definition) is 2. The number of nitrogens with one attached hydrogen (secondary N) is 1. The molecule has 20 heavy (non-hydrogen) atoms. The number of nitrogens with zero attached hydrogens (tertiary/aromatic N) is 1. The molecule has 0 spiro atoms. The summed E-state index contributed by atoms with van der Waals surface area (Å²) in [6, 6.07) is 6.07. The summed E-state index contributed by atoms with van der Waals surface area (Å²) in [5, 5.41) is 3.70. The van der Waals surface area contributed by atoms with Crippen LogP contribution in [0.15, 0.2) is 30.5 Å². The lowest BCUT2D eigenvalue weighted by Gasteiger charge is -2.23. The van der Waals surface area contributed by atoms with E-state index >= 15 is 0 Å². The summed E-state index contributed by atoms with van der Waals surface area (Å²) in [6.45, 7) is 4.69. The van der Waals surface area contributed by atoms with Crippen LogP contribution >= 0.6 is 11.6 Å². The first-order valence-corrected chi connectivity index (χ1v) is 6.81. The maximum Gasteiger partial charge on any atom is 0.128 e. The third-order valence-corrected chi connectivity index (χ3v) is 3.54. The van der Waals surface area contributed by atoms with Gasteiger partial charge >= 0.3 is 0 Å². The Morgan fingerprint density at radius 1 is 1.40 bits per heavy atom. The highest BCUT2D eigenvalue weighted by Crippen LogP contribution is 2.32. The first kappa shape index (κ1) is 14.8. The van der Waals surface area contributed by atoms with Crippen molar-refractivity contribution < 1.29 is 4.39 Å². The Kier molecular flexibility index (Phi) is 4.57. The molecule has 1 heterocycles. The highest BCUT2D eigenvalue weighted by molar-refractivity contribution is 6.31. The number of nitrogens with two attached hydrogens (primary N) is 1. The van der Waals surface area contributed by atoms with Gasteiger partial charge < -0.3 is 11.1 Å². The lowest BCUT2D eigenvalue weighted by atomic mass is 9.95. The third kappa shape index (κ3) is 2.92. The molecule has 1 atom stereocenters. The van der Waals surface area contributed by atoms with E-state index in [0.29, 0.717) is 10.8 Å². The van der Waals surface area contributed by atoms with E-state index in [4.69, 9.17) is 17.3 Å². The van der Waals surface area contributed by atoms with Gasteiger partial charge in [0.05, 0.1) is 6.04 Å². The number of anilines is 1. The molecular weight excluding hydrogens is 277 g/mol. The fraction of sp³-hybridized carbons (Fsp3) is 0.267. The van der Waals surface area contributed by atoms with Crippen molar-refractivity contribution >= 4 is 17.4 Å². The zero-order valence-corrected chi connectivity index (χ0v) is 12.2. The van der Waals surface area contributed by atoms with Crippen LogP contribution in [0, 0.1) is 12.7 Å². The molecule has 3 N–H and O–H groups in total. The van der Waals surface area contributed by atoms with E-state index in [1.54, 1.807) is 12.3 Å². The summed E-state index contributed by atoms with van der Waals surface area (Å²) in [4.78, 5) is 4.14. The number of aromatic nitrogens is 1. The maximum atomic E-state index is 13.2. The van der Waals surface area contributed by atoms with Crippen LogP contribution < -0.4 is 11.1 Å². The Bertz CT molecular complexity index is 596. The number of hydrogen-bond acceptors (Lipinski definition) is 3. The average Bonchev–Trinajstić information content (AvgIpc) is 2.38. The minimum absolute atomic E-state index is 0.207. The molecule has 1 aromatic heterocycles. The Labute approximate surface area is 123 Å². The summed E-state index contributed by atoms with van der Waals surface area (Å²) in [6.07, 6.45) is 1.67. The third-order valence-electron chi connectivity index (χ3n) is 3.21. The van der Waals surface area contributed by atoms with E-state index in [1.807, 2.05) is 19.9 Å². The Morgan fingerprint density at radius 3 is 2.75 bits per heavy atom. The molecule has 1 aromatic carbocycles. The molecule has 0 fully saturated rings. The van der Waals surface area contributed by atoms with Crippen molar-refractivity contribution in [3.63, 3.8) is 0 Å². The Hall–Kier alpha value is -1.65. The summed E-state index contributed by atoms with van der Waals surface area (Å²) >= 11 is 6.17. The van der Waals surface area contributed by atoms with Crippen LogP contribution in [0.1, 0.15) is 29.7 Å². The summed E-state index contributed by atoms with van der Waals surface area (Å²) in [7, 11) is 0. The van der Waals surface area contributed by atoms with Gasteiger partial charge in [-0.25, -0.2) is 9.37 Å². The second-order valence-electron chi connectivity index (χ2n) is 4.58. The number of pyridine rings is 1. The second kappa shape index (κ2) is 6.20. The molecule has 0 saturated carbocycles. The van der Waals surface area contributed by atoms with Gasteiger partial charge in [-0.15, -0.1) is 0 Å². The number of halogens is 2. The predicted octanol–water partition coefficient (Wildman–Crippen LogP) is 3.46. The van der Waals surface area contributed by atoms with E-state index in [2.05, 4.69) is 10.3 Å². The van der Waals surface area contributed by atoms with Crippen LogP contribution in [0.4, 0.5) is 10.2 Å². The van der Waals surface area contributed by atoms with Crippen molar-refractivity contribution in [1.29, 1.82) is 0 Å². The molecule has 0 aliphatic heterocycles. The lowest BCUT2D eigenvalue weighted by molar-refractivity contribution is 0.612. The standard InChI is InChI=1S/C15H17ClFN3/c1-3-19-14(11-5-4-10(17)8-12(11)16)13-9(2)6-7-20-15(13)18/h4-8,14,19H,3H2,1-2H3,(H2,18,20). The van der Waals surface area contributed by atoms with Gasteiger partial charge in [0.2, 0.25) is 0 Å². The van der Waals surface area contributed by atoms with E-state index < -0.39 is 0 Å². The van der Waals surface area contributed by atoms with Gasteiger partial charge in [0.25, 0.3) is 0 Å². The van der Waals surface area contributed by atoms with Gasteiger partial charge in [-0.2, -0.15) is 0 Å². The fourth-order valence-corrected chi connectivity index (χ4v) is 2.55. The van der Waals surface area contributed by atoms with Crippen molar-refractivity contribution in [3.05, 3.63) is 58.0 Å². The van der Waals surface area contributed by atoms with Crippen LogP contribution in [0.3, 0.4) is 0 Å². The van der Waals surface area contributed by atoms with Crippen molar-refractivity contribution in [2.45, 2.75) is 19.9 Å². The SMILES string of the molecule is CCNC(c1ccc(F)cc1Cl)c1c(C)ccnc1N. The van der Waals surface area contributed by atoms with Crippen molar-refractivity contribution in [3.8, 4) is 0 Å². The Balaban J connectivity index is 2.56. The Morgan fingerprint density at radius 2 is 2.15 bits per heavy atom. The molecule has 106 valence electrons. The van der Waals surface area contributed by atoms with Crippen molar-refractivity contribution in [2.75, 3.05) is 12.3 Å². The first-order chi connectivity index (χ1) is 9.54.